The van der Waals surface area contributed by atoms with Crippen molar-refractivity contribution in [3.05, 3.63) is 28.8 Å². The van der Waals surface area contributed by atoms with Gasteiger partial charge < -0.3 is 10.6 Å². The number of halogens is 3. The molecular weight excluding hydrogens is 246 g/mol. The molecule has 0 amide bonds. The summed E-state index contributed by atoms with van der Waals surface area (Å²) < 4.78 is 26.5. The van der Waals surface area contributed by atoms with Gasteiger partial charge in [-0.25, -0.2) is 8.78 Å². The first-order chi connectivity index (χ1) is 8.16. The van der Waals surface area contributed by atoms with Crippen LogP contribution in [0.3, 0.4) is 0 Å². The van der Waals surface area contributed by atoms with Crippen LogP contribution in [0.5, 0.6) is 0 Å². The molecule has 1 unspecified atom stereocenters. The van der Waals surface area contributed by atoms with Gasteiger partial charge in [0.05, 0.1) is 10.7 Å². The van der Waals surface area contributed by atoms with E-state index in [2.05, 4.69) is 10.6 Å². The van der Waals surface area contributed by atoms with Gasteiger partial charge >= 0.3 is 0 Å². The average molecular weight is 261 g/mol. The van der Waals surface area contributed by atoms with E-state index in [4.69, 9.17) is 11.6 Å². The van der Waals surface area contributed by atoms with E-state index in [-0.39, 0.29) is 16.8 Å². The molecule has 0 radical (unpaired) electrons. The lowest BCUT2D eigenvalue weighted by Crippen LogP contribution is -2.22. The van der Waals surface area contributed by atoms with Crippen molar-refractivity contribution in [2.24, 2.45) is 0 Å². The van der Waals surface area contributed by atoms with Crippen LogP contribution in [0.25, 0.3) is 0 Å². The summed E-state index contributed by atoms with van der Waals surface area (Å²) in [5.74, 6) is -1.28. The first-order valence-corrected chi connectivity index (χ1v) is 6.16. The molecule has 17 heavy (non-hydrogen) atoms. The Morgan fingerprint density at radius 2 is 2.06 bits per heavy atom. The second-order valence-electron chi connectivity index (χ2n) is 4.27. The topological polar surface area (TPSA) is 24.1 Å². The Kier molecular flexibility index (Phi) is 4.18. The highest BCUT2D eigenvalue weighted by atomic mass is 35.5. The van der Waals surface area contributed by atoms with Crippen LogP contribution in [0, 0.1) is 11.6 Å². The minimum atomic E-state index is -0.652. The third-order valence-corrected chi connectivity index (χ3v) is 3.23. The molecule has 1 fully saturated rings. The van der Waals surface area contributed by atoms with Crippen molar-refractivity contribution < 1.29 is 8.78 Å². The summed E-state index contributed by atoms with van der Waals surface area (Å²) >= 11 is 5.84. The smallest absolute Gasteiger partial charge is 0.150 e. The average Bonchev–Trinajstić information content (AvgIpc) is 2.51. The summed E-state index contributed by atoms with van der Waals surface area (Å²) in [6.45, 7) is 1.88. The Hall–Kier alpha value is -0.870. The van der Waals surface area contributed by atoms with E-state index in [0.29, 0.717) is 0 Å². The maximum absolute atomic E-state index is 13.6. The van der Waals surface area contributed by atoms with Crippen molar-refractivity contribution in [3.8, 4) is 0 Å². The largest absolute Gasteiger partial charge is 0.379 e. The second kappa shape index (κ2) is 5.65. The molecule has 0 bridgehead atoms. The third kappa shape index (κ3) is 3.30. The van der Waals surface area contributed by atoms with Crippen LogP contribution in [-0.2, 0) is 0 Å². The van der Waals surface area contributed by atoms with Gasteiger partial charge in [-0.3, -0.25) is 0 Å². The van der Waals surface area contributed by atoms with E-state index in [1.807, 2.05) is 0 Å². The normalized spacial score (nSPS) is 21.0. The summed E-state index contributed by atoms with van der Waals surface area (Å²) in [4.78, 5) is 0. The lowest BCUT2D eigenvalue weighted by Gasteiger charge is -2.18. The molecule has 2 rings (SSSR count). The molecule has 1 atom stereocenters. The van der Waals surface area contributed by atoms with Crippen LogP contribution in [0.1, 0.15) is 19.3 Å². The van der Waals surface area contributed by atoms with Gasteiger partial charge in [-0.2, -0.15) is 0 Å². The highest BCUT2D eigenvalue weighted by Crippen LogP contribution is 2.28. The molecule has 1 aliphatic rings. The zero-order valence-corrected chi connectivity index (χ0v) is 10.2. The first kappa shape index (κ1) is 12.6. The maximum Gasteiger partial charge on any atom is 0.150 e. The fourth-order valence-electron chi connectivity index (χ4n) is 2.05. The number of hydrogen-bond acceptors (Lipinski definition) is 2. The molecule has 0 spiro atoms. The molecule has 2 N–H and O–H groups in total. The van der Waals surface area contributed by atoms with Gasteiger partial charge in [0.1, 0.15) is 5.82 Å². The van der Waals surface area contributed by atoms with E-state index in [1.54, 1.807) is 0 Å². The van der Waals surface area contributed by atoms with Gasteiger partial charge in [0, 0.05) is 12.1 Å². The zero-order valence-electron chi connectivity index (χ0n) is 9.40. The van der Waals surface area contributed by atoms with Crippen molar-refractivity contribution in [2.45, 2.75) is 25.3 Å². The summed E-state index contributed by atoms with van der Waals surface area (Å²) in [6.07, 6.45) is 2.91. The lowest BCUT2D eigenvalue weighted by molar-refractivity contribution is 0.577. The van der Waals surface area contributed by atoms with Crippen LogP contribution in [0.4, 0.5) is 14.5 Å². The van der Waals surface area contributed by atoms with Crippen LogP contribution < -0.4 is 10.6 Å². The second-order valence-corrected chi connectivity index (χ2v) is 4.67. The zero-order chi connectivity index (χ0) is 12.3. The highest BCUT2D eigenvalue weighted by molar-refractivity contribution is 6.33. The molecule has 2 nitrogen and oxygen atoms in total. The van der Waals surface area contributed by atoms with E-state index < -0.39 is 11.6 Å². The summed E-state index contributed by atoms with van der Waals surface area (Å²) in [5, 5.41) is 6.44. The molecule has 0 aromatic heterocycles. The fourth-order valence-corrected chi connectivity index (χ4v) is 2.30. The number of rotatable bonds is 2. The Labute approximate surface area is 104 Å². The van der Waals surface area contributed by atoms with Gasteiger partial charge in [0.15, 0.2) is 5.82 Å². The van der Waals surface area contributed by atoms with E-state index >= 15 is 0 Å². The van der Waals surface area contributed by atoms with Crippen LogP contribution >= 0.6 is 11.6 Å². The molecule has 0 aliphatic carbocycles. The van der Waals surface area contributed by atoms with E-state index in [1.165, 1.54) is 0 Å². The van der Waals surface area contributed by atoms with Gasteiger partial charge in [0.2, 0.25) is 0 Å². The summed E-state index contributed by atoms with van der Waals surface area (Å²) in [7, 11) is 0. The molecule has 1 aromatic rings. The van der Waals surface area contributed by atoms with Crippen LogP contribution in [0.2, 0.25) is 5.02 Å². The minimum absolute atomic E-state index is 0.0970. The Balaban J connectivity index is 2.11. The number of nitrogens with one attached hydrogen (secondary N) is 2. The number of anilines is 1. The molecule has 5 heteroatoms. The quantitative estimate of drug-likeness (QED) is 0.854. The standard InChI is InChI=1S/C12H15ClF2N2/c13-10-6-8(14)7-11(15)12(10)17-9-2-1-4-16-5-3-9/h6-7,9,16-17H,1-5H2. The van der Waals surface area contributed by atoms with Crippen molar-refractivity contribution >= 4 is 17.3 Å². The molecule has 1 aromatic carbocycles. The lowest BCUT2D eigenvalue weighted by atomic mass is 10.1. The maximum atomic E-state index is 13.6. The number of hydrogen-bond donors (Lipinski definition) is 2. The summed E-state index contributed by atoms with van der Waals surface area (Å²) in [5.41, 5.74) is 0.208. The molecular formula is C12H15ClF2N2. The van der Waals surface area contributed by atoms with Crippen molar-refractivity contribution in [2.75, 3.05) is 18.4 Å². The van der Waals surface area contributed by atoms with E-state index in [0.717, 1.165) is 44.5 Å². The van der Waals surface area contributed by atoms with Gasteiger partial charge in [-0.05, 0) is 38.4 Å². The van der Waals surface area contributed by atoms with Gasteiger partial charge in [-0.1, -0.05) is 11.6 Å². The third-order valence-electron chi connectivity index (χ3n) is 2.93. The van der Waals surface area contributed by atoms with Crippen molar-refractivity contribution in [1.82, 2.24) is 5.32 Å². The predicted octanol–water partition coefficient (Wildman–Crippen LogP) is 3.17. The predicted molar refractivity (Wildman–Crippen MR) is 65.5 cm³/mol. The van der Waals surface area contributed by atoms with Crippen LogP contribution in [0.15, 0.2) is 12.1 Å². The number of benzene rings is 1. The monoisotopic (exact) mass is 260 g/mol. The molecule has 1 saturated heterocycles. The Bertz CT molecular complexity index is 367. The minimum Gasteiger partial charge on any atom is -0.379 e. The molecule has 1 heterocycles. The van der Waals surface area contributed by atoms with Crippen molar-refractivity contribution in [3.63, 3.8) is 0 Å². The fraction of sp³-hybridized carbons (Fsp3) is 0.500. The molecule has 0 saturated carbocycles. The Morgan fingerprint density at radius 3 is 2.82 bits per heavy atom. The van der Waals surface area contributed by atoms with Gasteiger partial charge in [0.25, 0.3) is 0 Å². The van der Waals surface area contributed by atoms with Gasteiger partial charge in [-0.15, -0.1) is 0 Å². The van der Waals surface area contributed by atoms with Crippen LogP contribution in [-0.4, -0.2) is 19.1 Å². The molecule has 94 valence electrons. The Morgan fingerprint density at radius 1 is 1.24 bits per heavy atom. The summed E-state index contributed by atoms with van der Waals surface area (Å²) in [6, 6.07) is 2.16. The highest BCUT2D eigenvalue weighted by Gasteiger charge is 2.16. The van der Waals surface area contributed by atoms with E-state index in [9.17, 15) is 8.78 Å². The van der Waals surface area contributed by atoms with Crippen molar-refractivity contribution in [1.29, 1.82) is 0 Å². The first-order valence-electron chi connectivity index (χ1n) is 5.78. The SMILES string of the molecule is Fc1cc(F)c(NC2CCCNCC2)c(Cl)c1. The molecule has 1 aliphatic heterocycles.